The molecule has 0 saturated carbocycles. The Hall–Kier alpha value is -2.13. The molecular formula is C72H131NO28. The number of hydrogen-bond donors (Lipinski definition) is 18. The molecule has 0 aromatic heterocycles. The molecule has 29 nitrogen and oxygen atoms in total. The van der Waals surface area contributed by atoms with Crippen molar-refractivity contribution in [1.82, 2.24) is 5.32 Å². The molecule has 0 spiro atoms. The van der Waals surface area contributed by atoms with Crippen LogP contribution in [0.2, 0.25) is 0 Å². The molecule has 5 aliphatic rings. The molecular weight excluding hydrogens is 1330 g/mol. The molecule has 5 aliphatic heterocycles. The van der Waals surface area contributed by atoms with E-state index in [1.54, 1.807) is 6.08 Å². The van der Waals surface area contributed by atoms with Crippen molar-refractivity contribution in [3.63, 3.8) is 0 Å². The number of aliphatic hydroxyl groups is 17. The first-order valence-corrected chi connectivity index (χ1v) is 38.1. The summed E-state index contributed by atoms with van der Waals surface area (Å²) in [6.45, 7) is -0.655. The van der Waals surface area contributed by atoms with Crippen LogP contribution in [0.4, 0.5) is 0 Å². The van der Waals surface area contributed by atoms with Gasteiger partial charge in [0.05, 0.1) is 51.8 Å². The van der Waals surface area contributed by atoms with Gasteiger partial charge in [0.1, 0.15) is 122 Å². The SMILES string of the molecule is CCCCCCCC/C=C\CCCCCCCCCCCCCC(=O)N[C@@H](CO[C@@H]1OC(CO)[C@@H](O[C@@H]2OC(CO)[C@H](O[C@@H]3OC(CO)[C@H](O)[C@H](O[C@H]4OC(CO)[C@H](O)[C@H](O[C@H]5OC(CO)[C@H](O)[C@H](O)C5O)C4O)C3O)[C@H](O)C2O)[C@H](O)C1O)[C@H](O)/C=C/CCCCCCCCCCCCC. The minimum atomic E-state index is -2.18. The number of amides is 1. The largest absolute Gasteiger partial charge is 0.394 e. The molecule has 5 fully saturated rings. The maximum Gasteiger partial charge on any atom is 0.220 e. The Labute approximate surface area is 597 Å². The van der Waals surface area contributed by atoms with Gasteiger partial charge in [0.2, 0.25) is 5.91 Å². The van der Waals surface area contributed by atoms with Crippen LogP contribution in [0.3, 0.4) is 0 Å². The highest BCUT2D eigenvalue weighted by Crippen LogP contribution is 2.36. The van der Waals surface area contributed by atoms with Gasteiger partial charge in [0.25, 0.3) is 0 Å². The van der Waals surface area contributed by atoms with Gasteiger partial charge < -0.3 is 139 Å². The highest BCUT2D eigenvalue weighted by Gasteiger charge is 2.57. The molecule has 27 atom stereocenters. The minimum Gasteiger partial charge on any atom is -0.394 e. The maximum atomic E-state index is 13.5. The Bertz CT molecular complexity index is 2180. The number of aliphatic hydroxyl groups excluding tert-OH is 17. The molecule has 5 saturated heterocycles. The van der Waals surface area contributed by atoms with E-state index in [9.17, 15) is 91.6 Å². The molecule has 5 rings (SSSR count). The molecule has 29 heteroatoms. The number of carbonyl (C=O) groups excluding carboxylic acids is 1. The third-order valence-electron chi connectivity index (χ3n) is 20.0. The van der Waals surface area contributed by atoms with Crippen molar-refractivity contribution in [2.75, 3.05) is 39.6 Å². The van der Waals surface area contributed by atoms with E-state index < -0.39 is 205 Å². The number of ether oxygens (including phenoxy) is 10. The molecule has 0 aliphatic carbocycles. The van der Waals surface area contributed by atoms with Gasteiger partial charge in [-0.2, -0.15) is 0 Å². The Morgan fingerprint density at radius 3 is 1.05 bits per heavy atom. The minimum absolute atomic E-state index is 0.197. The quantitative estimate of drug-likeness (QED) is 0.0304. The van der Waals surface area contributed by atoms with E-state index in [4.69, 9.17) is 47.4 Å². The van der Waals surface area contributed by atoms with Gasteiger partial charge in [0, 0.05) is 6.42 Å². The summed E-state index contributed by atoms with van der Waals surface area (Å²) in [7, 11) is 0. The summed E-state index contributed by atoms with van der Waals surface area (Å²) in [6, 6.07) is -1.04. The summed E-state index contributed by atoms with van der Waals surface area (Å²) in [5.74, 6) is -0.320. The molecule has 1 amide bonds. The second kappa shape index (κ2) is 50.5. The highest BCUT2D eigenvalue weighted by molar-refractivity contribution is 5.76. The predicted molar refractivity (Wildman–Crippen MR) is 366 cm³/mol. The summed E-state index contributed by atoms with van der Waals surface area (Å²) in [4.78, 5) is 13.5. The smallest absolute Gasteiger partial charge is 0.220 e. The lowest BCUT2D eigenvalue weighted by Crippen LogP contribution is -2.68. The van der Waals surface area contributed by atoms with Gasteiger partial charge in [-0.15, -0.1) is 0 Å². The number of hydrogen-bond acceptors (Lipinski definition) is 28. The maximum absolute atomic E-state index is 13.5. The zero-order valence-corrected chi connectivity index (χ0v) is 59.9. The average molecular weight is 1460 g/mol. The van der Waals surface area contributed by atoms with Gasteiger partial charge >= 0.3 is 0 Å². The van der Waals surface area contributed by atoms with Gasteiger partial charge in [-0.1, -0.05) is 192 Å². The van der Waals surface area contributed by atoms with Crippen molar-refractivity contribution in [2.45, 2.75) is 385 Å². The summed E-state index contributed by atoms with van der Waals surface area (Å²) in [5, 5.41) is 188. The highest BCUT2D eigenvalue weighted by atomic mass is 16.8. The summed E-state index contributed by atoms with van der Waals surface area (Å²) in [5.41, 5.74) is 0. The van der Waals surface area contributed by atoms with Gasteiger partial charge in [-0.3, -0.25) is 4.79 Å². The van der Waals surface area contributed by atoms with Crippen LogP contribution < -0.4 is 5.32 Å². The van der Waals surface area contributed by atoms with Crippen LogP contribution in [-0.2, 0) is 52.2 Å². The third kappa shape index (κ3) is 29.4. The van der Waals surface area contributed by atoms with Crippen LogP contribution in [0, 0.1) is 0 Å². The van der Waals surface area contributed by atoms with Crippen LogP contribution in [0.5, 0.6) is 0 Å². The van der Waals surface area contributed by atoms with Gasteiger partial charge in [0.15, 0.2) is 31.5 Å². The van der Waals surface area contributed by atoms with Crippen molar-refractivity contribution in [1.29, 1.82) is 0 Å². The Morgan fingerprint density at radius 1 is 0.347 bits per heavy atom. The standard InChI is InChI=1S/C72H131NO28/c1-3-5-7-9-11-13-15-17-18-19-20-21-22-23-24-26-28-30-32-34-36-38-52(80)73-45(46(79)37-35-33-31-29-27-25-16-14-12-10-8-6-4-2)44-92-68-60(88)57(85)64(50(42-77)96-68)98-70-61(89)58(86)65(51(43-78)97-70)99-71-62(90)67(55(83)48(40-75)94-71)101-72-63(91)66(54(82)49(41-76)95-72)100-69-59(87)56(84)53(81)47(39-74)93-69/h17-18,35,37,45-51,53-72,74-79,81-91H,3-16,19-34,36,38-44H2,1-2H3,(H,73,80)/b18-17-,37-35+/t45-,46+,47?,48?,49?,50?,51?,53-,54-,55-,56-,57+,58+,59?,60?,61?,62?,63?,64+,65-,66-,67-,68+,69+,70-,71-,72+/m0/s1. The van der Waals surface area contributed by atoms with Crippen LogP contribution in [0.1, 0.15) is 219 Å². The molecule has 0 radical (unpaired) electrons. The summed E-state index contributed by atoms with van der Waals surface area (Å²) < 4.78 is 57.4. The van der Waals surface area contributed by atoms with Crippen LogP contribution >= 0.6 is 0 Å². The Kier molecular flexibility index (Phi) is 44.7. The number of rotatable bonds is 52. The molecule has 5 heterocycles. The molecule has 101 heavy (non-hydrogen) atoms. The lowest BCUT2D eigenvalue weighted by molar-refractivity contribution is -0.394. The zero-order chi connectivity index (χ0) is 73.6. The summed E-state index contributed by atoms with van der Waals surface area (Å²) in [6.07, 6.45) is -4.04. The number of allylic oxidation sites excluding steroid dienone is 3. The Balaban J connectivity index is 1.13. The molecule has 18 N–H and O–H groups in total. The molecule has 0 aromatic carbocycles. The lowest BCUT2D eigenvalue weighted by atomic mass is 9.95. The van der Waals surface area contributed by atoms with Crippen molar-refractivity contribution in [3.05, 3.63) is 24.3 Å². The fourth-order valence-electron chi connectivity index (χ4n) is 13.6. The second-order valence-electron chi connectivity index (χ2n) is 28.1. The first-order valence-electron chi connectivity index (χ1n) is 38.1. The van der Waals surface area contributed by atoms with Crippen LogP contribution in [0.25, 0.3) is 0 Å². The average Bonchev–Trinajstić information content (AvgIpc) is 0.785. The van der Waals surface area contributed by atoms with Crippen LogP contribution in [0.15, 0.2) is 24.3 Å². The number of nitrogens with one attached hydrogen (secondary N) is 1. The van der Waals surface area contributed by atoms with E-state index in [2.05, 4.69) is 31.3 Å². The van der Waals surface area contributed by atoms with E-state index in [-0.39, 0.29) is 12.3 Å². The van der Waals surface area contributed by atoms with Crippen molar-refractivity contribution < 1.29 is 139 Å². The van der Waals surface area contributed by atoms with Crippen molar-refractivity contribution in [3.8, 4) is 0 Å². The van der Waals surface area contributed by atoms with E-state index in [1.165, 1.54) is 135 Å². The molecule has 592 valence electrons. The fourth-order valence-corrected chi connectivity index (χ4v) is 13.6. The summed E-state index contributed by atoms with van der Waals surface area (Å²) >= 11 is 0. The molecule has 0 bridgehead atoms. The van der Waals surface area contributed by atoms with Crippen molar-refractivity contribution in [2.24, 2.45) is 0 Å². The van der Waals surface area contributed by atoms with E-state index in [0.29, 0.717) is 12.8 Å². The van der Waals surface area contributed by atoms with E-state index in [0.717, 1.165) is 51.4 Å². The van der Waals surface area contributed by atoms with E-state index >= 15 is 0 Å². The number of unbranched alkanes of at least 4 members (excludes halogenated alkanes) is 28. The first-order chi connectivity index (χ1) is 48.8. The monoisotopic (exact) mass is 1460 g/mol. The second-order valence-corrected chi connectivity index (χ2v) is 28.1. The topological polar surface area (TPSA) is 465 Å². The van der Waals surface area contributed by atoms with Crippen LogP contribution in [-0.4, -0.2) is 298 Å². The number of carbonyl (C=O) groups is 1. The molecule has 10 unspecified atom stereocenters. The molecule has 0 aromatic rings. The Morgan fingerprint density at radius 2 is 0.653 bits per heavy atom. The normalized spacial score (nSPS) is 35.6. The van der Waals surface area contributed by atoms with Gasteiger partial charge in [-0.05, 0) is 44.9 Å². The zero-order valence-electron chi connectivity index (χ0n) is 59.9. The lowest BCUT2D eigenvalue weighted by Gasteiger charge is -2.49. The van der Waals surface area contributed by atoms with Gasteiger partial charge in [-0.25, -0.2) is 0 Å². The first kappa shape index (κ1) is 89.5. The third-order valence-corrected chi connectivity index (χ3v) is 20.0. The predicted octanol–water partition coefficient (Wildman–Crippen LogP) is 1.58. The fraction of sp³-hybridized carbons (Fsp3) is 0.931. The van der Waals surface area contributed by atoms with Crippen molar-refractivity contribution >= 4 is 5.91 Å². The van der Waals surface area contributed by atoms with E-state index in [1.807, 2.05) is 6.08 Å².